The zero-order valence-corrected chi connectivity index (χ0v) is 20.6. The molecule has 0 spiro atoms. The van der Waals surface area contributed by atoms with Crippen molar-refractivity contribution in [2.24, 2.45) is 5.92 Å². The third-order valence-electron chi connectivity index (χ3n) is 6.52. The second-order valence-corrected chi connectivity index (χ2v) is 9.33. The molecule has 2 heterocycles. The van der Waals surface area contributed by atoms with Crippen LogP contribution in [0.15, 0.2) is 48.5 Å². The molecule has 0 aromatic heterocycles. The molecule has 0 bridgehead atoms. The first kappa shape index (κ1) is 24.1. The van der Waals surface area contributed by atoms with E-state index in [1.54, 1.807) is 0 Å². The monoisotopic (exact) mass is 451 g/mol. The predicted molar refractivity (Wildman–Crippen MR) is 137 cm³/mol. The van der Waals surface area contributed by atoms with Crippen LogP contribution < -0.4 is 15.1 Å². The summed E-state index contributed by atoms with van der Waals surface area (Å²) < 4.78 is 10.9. The molecule has 2 aliphatic heterocycles. The van der Waals surface area contributed by atoms with Crippen molar-refractivity contribution >= 4 is 11.4 Å². The Balaban J connectivity index is 0.00000126. The van der Waals surface area contributed by atoms with E-state index in [9.17, 15) is 0 Å². The molecule has 1 aliphatic carbocycles. The first-order valence-electron chi connectivity index (χ1n) is 12.8. The van der Waals surface area contributed by atoms with Gasteiger partial charge in [0.2, 0.25) is 0 Å². The van der Waals surface area contributed by atoms with Gasteiger partial charge in [0, 0.05) is 31.0 Å². The summed E-state index contributed by atoms with van der Waals surface area (Å²) in [5.74, 6) is 0.964. The number of hydrogen-bond acceptors (Lipinski definition) is 5. The minimum absolute atomic E-state index is 0.391. The van der Waals surface area contributed by atoms with Crippen LogP contribution in [-0.2, 0) is 15.9 Å². The van der Waals surface area contributed by atoms with Crippen LogP contribution in [0.3, 0.4) is 0 Å². The number of anilines is 2. The van der Waals surface area contributed by atoms with Crippen LogP contribution in [0.1, 0.15) is 44.2 Å². The summed E-state index contributed by atoms with van der Waals surface area (Å²) in [6.07, 6.45) is 5.96. The first-order valence-corrected chi connectivity index (χ1v) is 12.8. The van der Waals surface area contributed by atoms with Crippen LogP contribution in [0.5, 0.6) is 0 Å². The Kier molecular flexibility index (Phi) is 8.65. The van der Waals surface area contributed by atoms with Crippen molar-refractivity contribution < 1.29 is 9.47 Å². The summed E-state index contributed by atoms with van der Waals surface area (Å²) in [7, 11) is 1.99. The van der Waals surface area contributed by atoms with E-state index in [0.717, 1.165) is 51.9 Å². The van der Waals surface area contributed by atoms with E-state index in [1.165, 1.54) is 41.8 Å². The van der Waals surface area contributed by atoms with Gasteiger partial charge in [0.15, 0.2) is 0 Å². The highest BCUT2D eigenvalue weighted by Gasteiger charge is 2.28. The highest BCUT2D eigenvalue weighted by Crippen LogP contribution is 2.33. The smallest absolute Gasteiger partial charge is 0.0984 e. The van der Waals surface area contributed by atoms with Crippen molar-refractivity contribution in [1.29, 1.82) is 0 Å². The van der Waals surface area contributed by atoms with Crippen LogP contribution >= 0.6 is 0 Å². The molecular weight excluding hydrogens is 410 g/mol. The van der Waals surface area contributed by atoms with Gasteiger partial charge in [-0.25, -0.2) is 0 Å². The van der Waals surface area contributed by atoms with Crippen molar-refractivity contribution in [3.05, 3.63) is 59.7 Å². The minimum atomic E-state index is 0.391. The van der Waals surface area contributed by atoms with E-state index in [1.807, 2.05) is 20.9 Å². The van der Waals surface area contributed by atoms with E-state index in [-0.39, 0.29) is 0 Å². The maximum atomic E-state index is 5.50. The quantitative estimate of drug-likeness (QED) is 0.354. The molecule has 3 aliphatic rings. The number of ether oxygens (including phenoxy) is 2. The van der Waals surface area contributed by atoms with E-state index in [2.05, 4.69) is 63.6 Å². The summed E-state index contributed by atoms with van der Waals surface area (Å²) in [4.78, 5) is 4.87. The summed E-state index contributed by atoms with van der Waals surface area (Å²) in [6, 6.07) is 18.2. The summed E-state index contributed by atoms with van der Waals surface area (Å²) in [5.41, 5.74) is 5.29. The molecule has 2 aromatic rings. The molecule has 1 N–H and O–H groups in total. The lowest BCUT2D eigenvalue weighted by Crippen LogP contribution is -2.35. The highest BCUT2D eigenvalue weighted by atomic mass is 16.6. The zero-order chi connectivity index (χ0) is 23.0. The molecule has 180 valence electrons. The number of benzene rings is 2. The van der Waals surface area contributed by atoms with Crippen LogP contribution in [0.2, 0.25) is 0 Å². The Morgan fingerprint density at radius 1 is 0.788 bits per heavy atom. The predicted octanol–water partition coefficient (Wildman–Crippen LogP) is 4.69. The minimum Gasteiger partial charge on any atom is -0.371 e. The third-order valence-corrected chi connectivity index (χ3v) is 6.52. The molecule has 2 aromatic carbocycles. The molecule has 1 saturated carbocycles. The van der Waals surface area contributed by atoms with Gasteiger partial charge >= 0.3 is 0 Å². The zero-order valence-electron chi connectivity index (χ0n) is 20.6. The summed E-state index contributed by atoms with van der Waals surface area (Å²) in [6.45, 7) is 9.78. The molecule has 5 rings (SSSR count). The van der Waals surface area contributed by atoms with Gasteiger partial charge in [0.25, 0.3) is 0 Å². The number of rotatable bonds is 13. The van der Waals surface area contributed by atoms with Crippen molar-refractivity contribution in [3.8, 4) is 0 Å². The third kappa shape index (κ3) is 7.73. The molecule has 2 saturated heterocycles. The molecule has 5 heteroatoms. The molecule has 0 radical (unpaired) electrons. The van der Waals surface area contributed by atoms with Crippen LogP contribution in [0.25, 0.3) is 0 Å². The molecule has 5 nitrogen and oxygen atoms in total. The van der Waals surface area contributed by atoms with Gasteiger partial charge < -0.3 is 24.6 Å². The maximum absolute atomic E-state index is 5.50. The van der Waals surface area contributed by atoms with Gasteiger partial charge in [-0.1, -0.05) is 51.0 Å². The largest absolute Gasteiger partial charge is 0.371 e. The SMILES string of the molecule is CC.CNCN(CC1CO1)c1ccc(Cc2ccc(N(CCC3CC3)CC3CO3)cc2)cc1. The van der Waals surface area contributed by atoms with E-state index < -0.39 is 0 Å². The molecule has 0 amide bonds. The standard InChI is InChI=1S/C26H35N3O2.C2H6/c1-27-19-29(16-26-18-31-26)24-10-6-22(7-11-24)14-21-4-8-23(9-5-21)28(15-25-17-30-25)13-12-20-2-3-20;1-2/h4-11,20,25-27H,2-3,12-19H2,1H3;1-2H3. The van der Waals surface area contributed by atoms with E-state index in [0.29, 0.717) is 12.2 Å². The molecule has 2 atom stereocenters. The fourth-order valence-electron chi connectivity index (χ4n) is 4.25. The fraction of sp³-hybridized carbons (Fsp3) is 0.571. The van der Waals surface area contributed by atoms with E-state index >= 15 is 0 Å². The average Bonchev–Trinajstić information content (AvgIpc) is 3.70. The van der Waals surface area contributed by atoms with Crippen LogP contribution in [0.4, 0.5) is 11.4 Å². The topological polar surface area (TPSA) is 43.6 Å². The van der Waals surface area contributed by atoms with Crippen LogP contribution in [0, 0.1) is 5.92 Å². The lowest BCUT2D eigenvalue weighted by Gasteiger charge is -2.24. The molecule has 2 unspecified atom stereocenters. The Hall–Kier alpha value is -2.08. The Bertz CT molecular complexity index is 827. The second-order valence-electron chi connectivity index (χ2n) is 9.33. The first-order chi connectivity index (χ1) is 16.3. The van der Waals surface area contributed by atoms with Crippen LogP contribution in [-0.4, -0.2) is 58.8 Å². The lowest BCUT2D eigenvalue weighted by molar-refractivity contribution is 0.406. The fourth-order valence-corrected chi connectivity index (χ4v) is 4.25. The number of nitrogens with zero attached hydrogens (tertiary/aromatic N) is 2. The summed E-state index contributed by atoms with van der Waals surface area (Å²) in [5, 5.41) is 3.26. The van der Waals surface area contributed by atoms with Crippen molar-refractivity contribution in [1.82, 2.24) is 5.32 Å². The number of nitrogens with one attached hydrogen (secondary N) is 1. The molecular formula is C28H41N3O2. The Morgan fingerprint density at radius 2 is 1.27 bits per heavy atom. The average molecular weight is 452 g/mol. The Labute approximate surface area is 200 Å². The highest BCUT2D eigenvalue weighted by molar-refractivity contribution is 5.50. The molecule has 33 heavy (non-hydrogen) atoms. The van der Waals surface area contributed by atoms with Gasteiger partial charge in [-0.2, -0.15) is 0 Å². The normalized spacial score (nSPS) is 20.6. The van der Waals surface area contributed by atoms with Gasteiger partial charge in [-0.15, -0.1) is 0 Å². The number of hydrogen-bond donors (Lipinski definition) is 1. The summed E-state index contributed by atoms with van der Waals surface area (Å²) >= 11 is 0. The van der Waals surface area contributed by atoms with Gasteiger partial charge in [0.05, 0.1) is 32.1 Å². The van der Waals surface area contributed by atoms with Crippen molar-refractivity contribution in [3.63, 3.8) is 0 Å². The van der Waals surface area contributed by atoms with Gasteiger partial charge in [0.1, 0.15) is 0 Å². The van der Waals surface area contributed by atoms with Crippen molar-refractivity contribution in [2.45, 2.75) is 51.7 Å². The van der Waals surface area contributed by atoms with Gasteiger partial charge in [-0.3, -0.25) is 0 Å². The van der Waals surface area contributed by atoms with E-state index in [4.69, 9.17) is 9.47 Å². The second kappa shape index (κ2) is 11.9. The van der Waals surface area contributed by atoms with Crippen molar-refractivity contribution in [2.75, 3.05) is 56.4 Å². The van der Waals surface area contributed by atoms with Gasteiger partial charge in [-0.05, 0) is 61.2 Å². The lowest BCUT2D eigenvalue weighted by atomic mass is 10.0. The maximum Gasteiger partial charge on any atom is 0.0984 e. The molecule has 3 fully saturated rings. The number of epoxide rings is 2. The Morgan fingerprint density at radius 3 is 1.73 bits per heavy atom.